The van der Waals surface area contributed by atoms with Crippen LogP contribution in [0.25, 0.3) is 16.6 Å². The lowest BCUT2D eigenvalue weighted by Gasteiger charge is -2.09. The normalized spacial score (nSPS) is 13.5. The lowest BCUT2D eigenvalue weighted by atomic mass is 10.0. The first-order valence-corrected chi connectivity index (χ1v) is 6.39. The molecule has 0 spiro atoms. The van der Waals surface area contributed by atoms with Gasteiger partial charge in [0, 0.05) is 35.3 Å². The topological polar surface area (TPSA) is 39.9 Å². The SMILES string of the molecule is Cc1nc(-n2cccn2)cc2c3c(ccc12)CCO3. The van der Waals surface area contributed by atoms with Crippen molar-refractivity contribution in [1.82, 2.24) is 14.8 Å². The molecule has 0 fully saturated rings. The van der Waals surface area contributed by atoms with Crippen LogP contribution in [-0.4, -0.2) is 21.4 Å². The first kappa shape index (κ1) is 10.6. The van der Waals surface area contributed by atoms with E-state index in [0.29, 0.717) is 0 Å². The minimum absolute atomic E-state index is 0.771. The van der Waals surface area contributed by atoms with E-state index >= 15 is 0 Å². The molecule has 0 radical (unpaired) electrons. The number of rotatable bonds is 1. The van der Waals surface area contributed by atoms with Gasteiger partial charge in [0.05, 0.1) is 6.61 Å². The smallest absolute Gasteiger partial charge is 0.154 e. The molecule has 3 aromatic rings. The summed E-state index contributed by atoms with van der Waals surface area (Å²) in [6.07, 6.45) is 4.65. The number of nitrogens with zero attached hydrogens (tertiary/aromatic N) is 3. The molecule has 0 N–H and O–H groups in total. The van der Waals surface area contributed by atoms with E-state index in [2.05, 4.69) is 28.3 Å². The minimum atomic E-state index is 0.771. The second-order valence-corrected chi connectivity index (χ2v) is 4.76. The molecule has 1 aromatic carbocycles. The maximum absolute atomic E-state index is 5.78. The highest BCUT2D eigenvalue weighted by Gasteiger charge is 2.17. The van der Waals surface area contributed by atoms with Crippen molar-refractivity contribution in [3.05, 3.63) is 47.9 Å². The molecule has 0 saturated carbocycles. The van der Waals surface area contributed by atoms with Gasteiger partial charge < -0.3 is 4.74 Å². The molecule has 1 aliphatic rings. The van der Waals surface area contributed by atoms with Gasteiger partial charge in [0.15, 0.2) is 5.82 Å². The fourth-order valence-electron chi connectivity index (χ4n) is 2.65. The summed E-state index contributed by atoms with van der Waals surface area (Å²) in [6, 6.07) is 8.23. The zero-order valence-electron chi connectivity index (χ0n) is 10.6. The lowest BCUT2D eigenvalue weighted by molar-refractivity contribution is 0.360. The zero-order valence-corrected chi connectivity index (χ0v) is 10.6. The highest BCUT2D eigenvalue weighted by Crippen LogP contribution is 2.35. The van der Waals surface area contributed by atoms with Gasteiger partial charge in [-0.2, -0.15) is 5.10 Å². The molecular formula is C15H13N3O. The maximum atomic E-state index is 5.78. The van der Waals surface area contributed by atoms with Crippen LogP contribution < -0.4 is 4.74 Å². The Labute approximate surface area is 110 Å². The number of fused-ring (bicyclic) bond motifs is 3. The summed E-state index contributed by atoms with van der Waals surface area (Å²) in [7, 11) is 0. The predicted octanol–water partition coefficient (Wildman–Crippen LogP) is 2.66. The number of ether oxygens (including phenoxy) is 1. The second kappa shape index (κ2) is 3.82. The van der Waals surface area contributed by atoms with Gasteiger partial charge in [-0.1, -0.05) is 12.1 Å². The number of hydrogen-bond acceptors (Lipinski definition) is 3. The van der Waals surface area contributed by atoms with Crippen LogP contribution in [0.3, 0.4) is 0 Å². The van der Waals surface area contributed by atoms with Crippen LogP contribution in [0, 0.1) is 6.92 Å². The van der Waals surface area contributed by atoms with Gasteiger partial charge in [-0.25, -0.2) is 9.67 Å². The molecule has 0 amide bonds. The van der Waals surface area contributed by atoms with E-state index in [9.17, 15) is 0 Å². The number of hydrogen-bond donors (Lipinski definition) is 0. The van der Waals surface area contributed by atoms with Crippen molar-refractivity contribution in [3.63, 3.8) is 0 Å². The third-order valence-corrected chi connectivity index (χ3v) is 3.58. The molecule has 3 heterocycles. The van der Waals surface area contributed by atoms with Crippen LogP contribution in [-0.2, 0) is 6.42 Å². The Bertz CT molecular complexity index is 763. The van der Waals surface area contributed by atoms with E-state index in [4.69, 9.17) is 4.74 Å². The van der Waals surface area contributed by atoms with Crippen molar-refractivity contribution < 1.29 is 4.74 Å². The highest BCUT2D eigenvalue weighted by atomic mass is 16.5. The van der Waals surface area contributed by atoms with Crippen molar-refractivity contribution in [2.45, 2.75) is 13.3 Å². The molecule has 4 nitrogen and oxygen atoms in total. The fraction of sp³-hybridized carbons (Fsp3) is 0.200. The molecule has 0 aliphatic carbocycles. The summed E-state index contributed by atoms with van der Waals surface area (Å²) < 4.78 is 7.56. The van der Waals surface area contributed by atoms with Crippen LogP contribution in [0.2, 0.25) is 0 Å². The zero-order chi connectivity index (χ0) is 12.8. The minimum Gasteiger partial charge on any atom is -0.492 e. The number of benzene rings is 1. The van der Waals surface area contributed by atoms with E-state index in [0.717, 1.165) is 41.1 Å². The van der Waals surface area contributed by atoms with Gasteiger partial charge in [0.25, 0.3) is 0 Å². The van der Waals surface area contributed by atoms with Gasteiger partial charge in [-0.15, -0.1) is 0 Å². The first-order chi connectivity index (χ1) is 9.33. The molecule has 0 saturated heterocycles. The summed E-state index contributed by atoms with van der Waals surface area (Å²) in [6.45, 7) is 2.80. The Kier molecular flexibility index (Phi) is 2.12. The summed E-state index contributed by atoms with van der Waals surface area (Å²) >= 11 is 0. The molecule has 94 valence electrons. The van der Waals surface area contributed by atoms with Crippen LogP contribution in [0.1, 0.15) is 11.3 Å². The van der Waals surface area contributed by atoms with E-state index < -0.39 is 0 Å². The largest absolute Gasteiger partial charge is 0.492 e. The van der Waals surface area contributed by atoms with Crippen molar-refractivity contribution in [3.8, 4) is 11.6 Å². The Hall–Kier alpha value is -2.36. The van der Waals surface area contributed by atoms with Gasteiger partial charge in [0.2, 0.25) is 0 Å². The van der Waals surface area contributed by atoms with Crippen LogP contribution in [0.15, 0.2) is 36.7 Å². The van der Waals surface area contributed by atoms with Gasteiger partial charge in [-0.3, -0.25) is 0 Å². The Morgan fingerprint density at radius 2 is 2.21 bits per heavy atom. The van der Waals surface area contributed by atoms with Gasteiger partial charge in [-0.05, 0) is 24.6 Å². The number of aromatic nitrogens is 3. The fourth-order valence-corrected chi connectivity index (χ4v) is 2.65. The quantitative estimate of drug-likeness (QED) is 0.667. The third-order valence-electron chi connectivity index (χ3n) is 3.58. The summed E-state index contributed by atoms with van der Waals surface area (Å²) in [4.78, 5) is 4.61. The highest BCUT2D eigenvalue weighted by molar-refractivity contribution is 5.92. The Morgan fingerprint density at radius 1 is 1.26 bits per heavy atom. The number of pyridine rings is 1. The average Bonchev–Trinajstić information content (AvgIpc) is 3.09. The molecule has 19 heavy (non-hydrogen) atoms. The Morgan fingerprint density at radius 3 is 3.05 bits per heavy atom. The van der Waals surface area contributed by atoms with Crippen molar-refractivity contribution in [2.24, 2.45) is 0 Å². The van der Waals surface area contributed by atoms with Gasteiger partial charge in [0.1, 0.15) is 5.75 Å². The van der Waals surface area contributed by atoms with Crippen molar-refractivity contribution in [1.29, 1.82) is 0 Å². The molecule has 2 aromatic heterocycles. The summed E-state index contributed by atoms with van der Waals surface area (Å²) in [5.41, 5.74) is 2.28. The Balaban J connectivity index is 2.05. The monoisotopic (exact) mass is 251 g/mol. The predicted molar refractivity (Wildman–Crippen MR) is 72.8 cm³/mol. The van der Waals surface area contributed by atoms with Crippen LogP contribution in [0.4, 0.5) is 0 Å². The average molecular weight is 251 g/mol. The van der Waals surface area contributed by atoms with Crippen molar-refractivity contribution >= 4 is 10.8 Å². The molecule has 0 atom stereocenters. The molecule has 1 aliphatic heterocycles. The van der Waals surface area contributed by atoms with Crippen LogP contribution >= 0.6 is 0 Å². The summed E-state index contributed by atoms with van der Waals surface area (Å²) in [5, 5.41) is 6.52. The maximum Gasteiger partial charge on any atom is 0.154 e. The van der Waals surface area contributed by atoms with E-state index in [1.165, 1.54) is 5.56 Å². The standard InChI is InChI=1S/C15H13N3O/c1-10-12-4-3-11-5-8-19-15(11)13(12)9-14(17-10)18-7-2-6-16-18/h2-4,6-7,9H,5,8H2,1H3. The molecular weight excluding hydrogens is 238 g/mol. The lowest BCUT2D eigenvalue weighted by Crippen LogP contribution is -2.00. The molecule has 4 rings (SSSR count). The third kappa shape index (κ3) is 1.53. The second-order valence-electron chi connectivity index (χ2n) is 4.76. The molecule has 4 heteroatoms. The van der Waals surface area contributed by atoms with E-state index in [-0.39, 0.29) is 0 Å². The molecule has 0 bridgehead atoms. The summed E-state index contributed by atoms with van der Waals surface area (Å²) in [5.74, 6) is 1.84. The van der Waals surface area contributed by atoms with E-state index in [1.807, 2.05) is 19.2 Å². The van der Waals surface area contributed by atoms with Crippen LogP contribution in [0.5, 0.6) is 5.75 Å². The van der Waals surface area contributed by atoms with Gasteiger partial charge >= 0.3 is 0 Å². The first-order valence-electron chi connectivity index (χ1n) is 6.39. The van der Waals surface area contributed by atoms with Crippen molar-refractivity contribution in [2.75, 3.05) is 6.61 Å². The number of aryl methyl sites for hydroxylation is 1. The molecule has 0 unspecified atom stereocenters. The van der Waals surface area contributed by atoms with E-state index in [1.54, 1.807) is 10.9 Å².